The van der Waals surface area contributed by atoms with Gasteiger partial charge >= 0.3 is 0 Å². The number of furan rings is 1. The number of rotatable bonds is 8. The minimum atomic E-state index is -3.70. The first-order valence-corrected chi connectivity index (χ1v) is 13.1. The van der Waals surface area contributed by atoms with Crippen molar-refractivity contribution in [3.63, 3.8) is 0 Å². The van der Waals surface area contributed by atoms with Crippen molar-refractivity contribution >= 4 is 21.6 Å². The van der Waals surface area contributed by atoms with Crippen LogP contribution in [0.4, 0.5) is 5.69 Å². The number of amides is 1. The monoisotopic (exact) mass is 474 g/mol. The molecule has 0 unspecified atom stereocenters. The third-order valence-electron chi connectivity index (χ3n) is 6.75. The van der Waals surface area contributed by atoms with Crippen LogP contribution in [0.1, 0.15) is 48.2 Å². The number of anilines is 1. The Kier molecular flexibility index (Phi) is 7.41. The summed E-state index contributed by atoms with van der Waals surface area (Å²) in [5, 5.41) is 6.26. The standard InChI is InChI=1S/C24H34N4O4S/c1-27(2)33(30,31)22-14-19(13-20(15-22)25-17-21-8-6-12-32-21)24(29)26-16-18-7-5-11-28-10-4-3-9-23(18)28/h6,8,12-15,18,23,25H,3-5,7,9-11,16-17H2,1-2H3,(H,26,29)/t18-,23+/m0/s1. The lowest BCUT2D eigenvalue weighted by atomic mass is 9.83. The van der Waals surface area contributed by atoms with Gasteiger partial charge in [0.25, 0.3) is 5.91 Å². The van der Waals surface area contributed by atoms with Crippen LogP contribution in [-0.4, -0.2) is 63.3 Å². The van der Waals surface area contributed by atoms with Crippen LogP contribution in [0.5, 0.6) is 0 Å². The largest absolute Gasteiger partial charge is 0.467 e. The highest BCUT2D eigenvalue weighted by Crippen LogP contribution is 2.30. The van der Waals surface area contributed by atoms with Crippen LogP contribution in [0.25, 0.3) is 0 Å². The van der Waals surface area contributed by atoms with Crippen molar-refractivity contribution in [3.8, 4) is 0 Å². The number of nitrogens with zero attached hydrogens (tertiary/aromatic N) is 2. The Balaban J connectivity index is 1.50. The highest BCUT2D eigenvalue weighted by atomic mass is 32.2. The van der Waals surface area contributed by atoms with Gasteiger partial charge in [0.2, 0.25) is 10.0 Å². The fourth-order valence-corrected chi connectivity index (χ4v) is 5.91. The van der Waals surface area contributed by atoms with Gasteiger partial charge in [0.1, 0.15) is 5.76 Å². The molecule has 180 valence electrons. The van der Waals surface area contributed by atoms with Crippen molar-refractivity contribution in [3.05, 3.63) is 47.9 Å². The van der Waals surface area contributed by atoms with E-state index in [0.29, 0.717) is 36.3 Å². The molecule has 2 aliphatic heterocycles. The summed E-state index contributed by atoms with van der Waals surface area (Å²) in [6.45, 7) is 3.31. The zero-order valence-corrected chi connectivity index (χ0v) is 20.2. The summed E-state index contributed by atoms with van der Waals surface area (Å²) in [4.78, 5) is 15.8. The summed E-state index contributed by atoms with van der Waals surface area (Å²) >= 11 is 0. The Labute approximate surface area is 196 Å². The van der Waals surface area contributed by atoms with Crippen LogP contribution < -0.4 is 10.6 Å². The quantitative estimate of drug-likeness (QED) is 0.610. The number of sulfonamides is 1. The van der Waals surface area contributed by atoms with E-state index in [1.807, 2.05) is 6.07 Å². The van der Waals surface area contributed by atoms with Gasteiger partial charge in [-0.25, -0.2) is 12.7 Å². The van der Waals surface area contributed by atoms with E-state index in [-0.39, 0.29) is 10.8 Å². The van der Waals surface area contributed by atoms with E-state index in [4.69, 9.17) is 4.42 Å². The lowest BCUT2D eigenvalue weighted by molar-refractivity contribution is 0.0575. The van der Waals surface area contributed by atoms with Crippen LogP contribution >= 0.6 is 0 Å². The molecule has 1 amide bonds. The van der Waals surface area contributed by atoms with Crippen molar-refractivity contribution in [1.82, 2.24) is 14.5 Å². The fraction of sp³-hybridized carbons (Fsp3) is 0.542. The first-order chi connectivity index (χ1) is 15.8. The van der Waals surface area contributed by atoms with Gasteiger partial charge in [-0.15, -0.1) is 0 Å². The molecule has 33 heavy (non-hydrogen) atoms. The number of fused-ring (bicyclic) bond motifs is 1. The van der Waals surface area contributed by atoms with E-state index in [2.05, 4.69) is 15.5 Å². The number of carbonyl (C=O) groups is 1. The number of hydrogen-bond donors (Lipinski definition) is 2. The topological polar surface area (TPSA) is 94.9 Å². The molecule has 0 radical (unpaired) electrons. The van der Waals surface area contributed by atoms with Crippen molar-refractivity contribution in [1.29, 1.82) is 0 Å². The molecule has 2 aromatic rings. The predicted molar refractivity (Wildman–Crippen MR) is 128 cm³/mol. The lowest BCUT2D eigenvalue weighted by Gasteiger charge is -2.44. The van der Waals surface area contributed by atoms with Crippen LogP contribution in [0.3, 0.4) is 0 Å². The van der Waals surface area contributed by atoms with Crippen LogP contribution in [0, 0.1) is 5.92 Å². The minimum Gasteiger partial charge on any atom is -0.467 e. The van der Waals surface area contributed by atoms with E-state index in [9.17, 15) is 13.2 Å². The first kappa shape index (κ1) is 23.8. The number of hydrogen-bond acceptors (Lipinski definition) is 6. The third kappa shape index (κ3) is 5.59. The maximum Gasteiger partial charge on any atom is 0.251 e. The molecule has 2 atom stereocenters. The van der Waals surface area contributed by atoms with Gasteiger partial charge < -0.3 is 20.0 Å². The highest BCUT2D eigenvalue weighted by Gasteiger charge is 2.33. The molecule has 2 N–H and O–H groups in total. The Bertz CT molecular complexity index is 1050. The number of nitrogens with one attached hydrogen (secondary N) is 2. The Morgan fingerprint density at radius 3 is 2.73 bits per heavy atom. The van der Waals surface area contributed by atoms with Gasteiger partial charge in [-0.05, 0) is 75.0 Å². The molecule has 0 spiro atoms. The normalized spacial score (nSPS) is 21.5. The zero-order chi connectivity index (χ0) is 23.4. The smallest absolute Gasteiger partial charge is 0.251 e. The van der Waals surface area contributed by atoms with E-state index >= 15 is 0 Å². The molecule has 0 bridgehead atoms. The van der Waals surface area contributed by atoms with Gasteiger partial charge in [-0.3, -0.25) is 4.79 Å². The maximum absolute atomic E-state index is 13.1. The first-order valence-electron chi connectivity index (χ1n) is 11.7. The maximum atomic E-state index is 13.1. The van der Waals surface area contributed by atoms with Crippen molar-refractivity contribution in [2.24, 2.45) is 5.92 Å². The van der Waals surface area contributed by atoms with Crippen molar-refractivity contribution in [2.75, 3.05) is 39.0 Å². The van der Waals surface area contributed by atoms with E-state index in [1.54, 1.807) is 24.5 Å². The molecule has 0 saturated carbocycles. The second kappa shape index (κ2) is 10.3. The molecule has 3 heterocycles. The molecule has 2 aliphatic rings. The van der Waals surface area contributed by atoms with Gasteiger partial charge in [-0.2, -0.15) is 0 Å². The lowest BCUT2D eigenvalue weighted by Crippen LogP contribution is -2.51. The second-order valence-electron chi connectivity index (χ2n) is 9.18. The van der Waals surface area contributed by atoms with Gasteiger partial charge in [-0.1, -0.05) is 6.42 Å². The Morgan fingerprint density at radius 1 is 1.15 bits per heavy atom. The molecule has 8 nitrogen and oxygen atoms in total. The second-order valence-corrected chi connectivity index (χ2v) is 11.3. The molecule has 4 rings (SSSR count). The Hall–Kier alpha value is -2.36. The molecule has 2 saturated heterocycles. The molecule has 9 heteroatoms. The van der Waals surface area contributed by atoms with Crippen LogP contribution in [0.15, 0.2) is 45.9 Å². The van der Waals surface area contributed by atoms with Crippen LogP contribution in [0.2, 0.25) is 0 Å². The molecule has 1 aromatic heterocycles. The van der Waals surface area contributed by atoms with Gasteiger partial charge in [0.15, 0.2) is 0 Å². The SMILES string of the molecule is CN(C)S(=O)(=O)c1cc(NCc2ccco2)cc(C(=O)NC[C@@H]2CCCN3CCCC[C@H]23)c1. The average molecular weight is 475 g/mol. The van der Waals surface area contributed by atoms with E-state index < -0.39 is 10.0 Å². The summed E-state index contributed by atoms with van der Waals surface area (Å²) < 4.78 is 32.1. The van der Waals surface area contributed by atoms with Gasteiger partial charge in [0.05, 0.1) is 17.7 Å². The molecule has 2 fully saturated rings. The predicted octanol–water partition coefficient (Wildman–Crippen LogP) is 3.14. The number of benzene rings is 1. The summed E-state index contributed by atoms with van der Waals surface area (Å²) in [5.74, 6) is 0.907. The minimum absolute atomic E-state index is 0.0817. The molecule has 1 aromatic carbocycles. The fourth-order valence-electron chi connectivity index (χ4n) is 4.94. The molecular formula is C24H34N4O4S. The number of carbonyl (C=O) groups excluding carboxylic acids is 1. The van der Waals surface area contributed by atoms with Crippen LogP contribution in [-0.2, 0) is 16.6 Å². The zero-order valence-electron chi connectivity index (χ0n) is 19.4. The van der Waals surface area contributed by atoms with E-state index in [1.165, 1.54) is 39.4 Å². The summed E-state index contributed by atoms with van der Waals surface area (Å²) in [6, 6.07) is 8.87. The number of piperidine rings is 2. The Morgan fingerprint density at radius 2 is 1.97 bits per heavy atom. The molecule has 0 aliphatic carbocycles. The molecular weight excluding hydrogens is 440 g/mol. The average Bonchev–Trinajstić information content (AvgIpc) is 3.34. The summed E-state index contributed by atoms with van der Waals surface area (Å²) in [5.41, 5.74) is 0.881. The van der Waals surface area contributed by atoms with Crippen molar-refractivity contribution < 1.29 is 17.6 Å². The highest BCUT2D eigenvalue weighted by molar-refractivity contribution is 7.89. The third-order valence-corrected chi connectivity index (χ3v) is 8.54. The van der Waals surface area contributed by atoms with E-state index in [0.717, 1.165) is 36.0 Å². The summed E-state index contributed by atoms with van der Waals surface area (Å²) in [7, 11) is -0.729. The summed E-state index contributed by atoms with van der Waals surface area (Å²) in [6.07, 6.45) is 7.57. The van der Waals surface area contributed by atoms with Gasteiger partial charge in [0, 0.05) is 37.9 Å². The van der Waals surface area contributed by atoms with Crippen molar-refractivity contribution in [2.45, 2.75) is 49.6 Å².